The summed E-state index contributed by atoms with van der Waals surface area (Å²) < 4.78 is 27.8. The zero-order valence-corrected chi connectivity index (χ0v) is 12.9. The summed E-state index contributed by atoms with van der Waals surface area (Å²) in [6, 6.07) is 6.43. The van der Waals surface area contributed by atoms with Crippen LogP contribution in [0.15, 0.2) is 28.7 Å². The standard InChI is InChI=1S/C12H16BrNO4S/c1-19(16,17)6-5-11(14)12(15)18-8-9-3-2-4-10(13)7-9/h2-4,7,11H,5-6,8,14H2,1H3. The topological polar surface area (TPSA) is 86.5 Å². The third-order valence-electron chi connectivity index (χ3n) is 2.37. The highest BCUT2D eigenvalue weighted by Gasteiger charge is 2.17. The molecule has 1 aromatic rings. The molecule has 7 heteroatoms. The molecule has 2 N–H and O–H groups in total. The minimum absolute atomic E-state index is 0.0656. The van der Waals surface area contributed by atoms with E-state index in [-0.39, 0.29) is 18.8 Å². The fourth-order valence-electron chi connectivity index (χ4n) is 1.35. The Labute approximate surface area is 121 Å². The zero-order valence-electron chi connectivity index (χ0n) is 10.5. The highest BCUT2D eigenvalue weighted by Crippen LogP contribution is 2.12. The molecule has 19 heavy (non-hydrogen) atoms. The van der Waals surface area contributed by atoms with Crippen LogP contribution in [0.5, 0.6) is 0 Å². The van der Waals surface area contributed by atoms with Crippen molar-refractivity contribution >= 4 is 31.7 Å². The van der Waals surface area contributed by atoms with Gasteiger partial charge in [0.15, 0.2) is 0 Å². The van der Waals surface area contributed by atoms with E-state index >= 15 is 0 Å². The number of hydrogen-bond donors (Lipinski definition) is 1. The van der Waals surface area contributed by atoms with Crippen molar-refractivity contribution in [3.05, 3.63) is 34.3 Å². The van der Waals surface area contributed by atoms with E-state index in [0.29, 0.717) is 0 Å². The van der Waals surface area contributed by atoms with Crippen LogP contribution in [0.2, 0.25) is 0 Å². The van der Waals surface area contributed by atoms with Crippen LogP contribution < -0.4 is 5.73 Å². The highest BCUT2D eigenvalue weighted by atomic mass is 79.9. The maximum Gasteiger partial charge on any atom is 0.323 e. The number of rotatable bonds is 6. The van der Waals surface area contributed by atoms with E-state index in [1.54, 1.807) is 0 Å². The molecule has 1 unspecified atom stereocenters. The molecule has 5 nitrogen and oxygen atoms in total. The highest BCUT2D eigenvalue weighted by molar-refractivity contribution is 9.10. The summed E-state index contributed by atoms with van der Waals surface area (Å²) in [5.74, 6) is -0.719. The Balaban J connectivity index is 2.42. The molecular formula is C12H16BrNO4S. The van der Waals surface area contributed by atoms with Crippen LogP contribution in [0.4, 0.5) is 0 Å². The van der Waals surface area contributed by atoms with E-state index in [4.69, 9.17) is 10.5 Å². The number of carbonyl (C=O) groups is 1. The number of hydrogen-bond acceptors (Lipinski definition) is 5. The molecule has 0 amide bonds. The molecule has 0 heterocycles. The van der Waals surface area contributed by atoms with Crippen molar-refractivity contribution in [2.75, 3.05) is 12.0 Å². The summed E-state index contributed by atoms with van der Waals surface area (Å²) in [4.78, 5) is 11.6. The van der Waals surface area contributed by atoms with Crippen LogP contribution in [-0.2, 0) is 26.0 Å². The molecule has 0 aliphatic carbocycles. The van der Waals surface area contributed by atoms with Gasteiger partial charge in [0.2, 0.25) is 0 Å². The monoisotopic (exact) mass is 349 g/mol. The van der Waals surface area contributed by atoms with Crippen LogP contribution >= 0.6 is 15.9 Å². The van der Waals surface area contributed by atoms with Gasteiger partial charge in [-0.25, -0.2) is 8.42 Å². The largest absolute Gasteiger partial charge is 0.460 e. The molecule has 0 bridgehead atoms. The van der Waals surface area contributed by atoms with E-state index in [1.807, 2.05) is 24.3 Å². The lowest BCUT2D eigenvalue weighted by molar-refractivity contribution is -0.146. The van der Waals surface area contributed by atoms with Crippen molar-refractivity contribution in [2.24, 2.45) is 5.73 Å². The molecule has 106 valence electrons. The van der Waals surface area contributed by atoms with Gasteiger partial charge in [-0.1, -0.05) is 28.1 Å². The number of esters is 1. The third-order valence-corrected chi connectivity index (χ3v) is 3.84. The maximum atomic E-state index is 11.6. The van der Waals surface area contributed by atoms with Gasteiger partial charge >= 0.3 is 5.97 Å². The average Bonchev–Trinajstić information content (AvgIpc) is 2.32. The second kappa shape index (κ2) is 7.02. The predicted molar refractivity (Wildman–Crippen MR) is 76.2 cm³/mol. The van der Waals surface area contributed by atoms with Gasteiger partial charge in [-0.2, -0.15) is 0 Å². The number of carbonyl (C=O) groups excluding carboxylic acids is 1. The molecule has 1 atom stereocenters. The summed E-state index contributed by atoms with van der Waals surface area (Å²) in [5.41, 5.74) is 6.40. The fraction of sp³-hybridized carbons (Fsp3) is 0.417. The van der Waals surface area contributed by atoms with Crippen molar-refractivity contribution in [2.45, 2.75) is 19.1 Å². The van der Waals surface area contributed by atoms with Gasteiger partial charge in [-0.15, -0.1) is 0 Å². The average molecular weight is 350 g/mol. The van der Waals surface area contributed by atoms with Crippen LogP contribution in [0.25, 0.3) is 0 Å². The van der Waals surface area contributed by atoms with E-state index in [2.05, 4.69) is 15.9 Å². The molecule has 0 radical (unpaired) electrons. The summed E-state index contributed by atoms with van der Waals surface area (Å²) in [7, 11) is -3.12. The summed E-state index contributed by atoms with van der Waals surface area (Å²) in [6.45, 7) is 0.116. The van der Waals surface area contributed by atoms with Gasteiger partial charge in [0.05, 0.1) is 5.75 Å². The normalized spacial score (nSPS) is 13.0. The molecule has 0 aliphatic heterocycles. The summed E-state index contributed by atoms with van der Waals surface area (Å²) >= 11 is 3.31. The SMILES string of the molecule is CS(=O)(=O)CCC(N)C(=O)OCc1cccc(Br)c1. The Kier molecular flexibility index (Phi) is 5.96. The first-order valence-electron chi connectivity index (χ1n) is 5.62. The first kappa shape index (κ1) is 16.1. The Morgan fingerprint density at radius 2 is 2.16 bits per heavy atom. The smallest absolute Gasteiger partial charge is 0.323 e. The lowest BCUT2D eigenvalue weighted by atomic mass is 10.2. The Bertz CT molecular complexity index is 544. The van der Waals surface area contributed by atoms with E-state index in [1.165, 1.54) is 0 Å². The molecule has 0 saturated heterocycles. The molecule has 0 saturated carbocycles. The minimum Gasteiger partial charge on any atom is -0.460 e. The second-order valence-corrected chi connectivity index (χ2v) is 7.44. The quantitative estimate of drug-likeness (QED) is 0.781. The van der Waals surface area contributed by atoms with Crippen molar-refractivity contribution in [1.82, 2.24) is 0 Å². The van der Waals surface area contributed by atoms with Crippen molar-refractivity contribution < 1.29 is 17.9 Å². The van der Waals surface area contributed by atoms with Gasteiger partial charge < -0.3 is 10.5 Å². The maximum absolute atomic E-state index is 11.6. The summed E-state index contributed by atoms with van der Waals surface area (Å²) in [6.07, 6.45) is 1.17. The lowest BCUT2D eigenvalue weighted by Crippen LogP contribution is -2.34. The Morgan fingerprint density at radius 3 is 2.74 bits per heavy atom. The van der Waals surface area contributed by atoms with E-state index < -0.39 is 21.8 Å². The Morgan fingerprint density at radius 1 is 1.47 bits per heavy atom. The van der Waals surface area contributed by atoms with Crippen LogP contribution in [-0.4, -0.2) is 32.4 Å². The van der Waals surface area contributed by atoms with Crippen LogP contribution in [0.3, 0.4) is 0 Å². The van der Waals surface area contributed by atoms with Gasteiger partial charge in [0.1, 0.15) is 22.5 Å². The molecular weight excluding hydrogens is 334 g/mol. The van der Waals surface area contributed by atoms with Gasteiger partial charge in [0.25, 0.3) is 0 Å². The number of nitrogens with two attached hydrogens (primary N) is 1. The lowest BCUT2D eigenvalue weighted by Gasteiger charge is -2.11. The number of benzene rings is 1. The van der Waals surface area contributed by atoms with E-state index in [0.717, 1.165) is 16.3 Å². The van der Waals surface area contributed by atoms with Gasteiger partial charge in [0, 0.05) is 10.7 Å². The summed E-state index contributed by atoms with van der Waals surface area (Å²) in [5, 5.41) is 0. The Hall–Kier alpha value is -0.920. The van der Waals surface area contributed by atoms with Crippen LogP contribution in [0.1, 0.15) is 12.0 Å². The first-order valence-corrected chi connectivity index (χ1v) is 8.47. The van der Waals surface area contributed by atoms with Crippen LogP contribution in [0, 0.1) is 0 Å². The molecule has 0 spiro atoms. The number of sulfone groups is 1. The molecule has 0 fully saturated rings. The molecule has 1 aromatic carbocycles. The predicted octanol–water partition coefficient (Wildman–Crippen LogP) is 1.25. The van der Waals surface area contributed by atoms with Crippen molar-refractivity contribution in [3.8, 4) is 0 Å². The third kappa shape index (κ3) is 6.70. The second-order valence-electron chi connectivity index (χ2n) is 4.26. The van der Waals surface area contributed by atoms with Crippen molar-refractivity contribution in [3.63, 3.8) is 0 Å². The zero-order chi connectivity index (χ0) is 14.5. The number of ether oxygens (including phenoxy) is 1. The first-order chi connectivity index (χ1) is 8.78. The molecule has 1 rings (SSSR count). The number of halogens is 1. The van der Waals surface area contributed by atoms with E-state index in [9.17, 15) is 13.2 Å². The molecule has 0 aliphatic rings. The van der Waals surface area contributed by atoms with Gasteiger partial charge in [-0.3, -0.25) is 4.79 Å². The van der Waals surface area contributed by atoms with Gasteiger partial charge in [-0.05, 0) is 24.1 Å². The fourth-order valence-corrected chi connectivity index (χ4v) is 2.48. The minimum atomic E-state index is -3.12. The molecule has 0 aromatic heterocycles. The van der Waals surface area contributed by atoms with Crippen molar-refractivity contribution in [1.29, 1.82) is 0 Å².